The molecular formula is C16H21NO4. The van der Waals surface area contributed by atoms with E-state index in [0.29, 0.717) is 13.4 Å². The molecule has 2 saturated heterocycles. The van der Waals surface area contributed by atoms with Crippen LogP contribution in [0.25, 0.3) is 0 Å². The number of rotatable bonds is 3. The Bertz CT molecular complexity index is 501. The molecule has 0 aromatic heterocycles. The van der Waals surface area contributed by atoms with Gasteiger partial charge in [-0.15, -0.1) is 0 Å². The van der Waals surface area contributed by atoms with E-state index in [0.717, 1.165) is 23.6 Å². The van der Waals surface area contributed by atoms with Crippen molar-refractivity contribution in [1.29, 1.82) is 0 Å². The average molecular weight is 291 g/mol. The van der Waals surface area contributed by atoms with E-state index in [1.165, 1.54) is 32.4 Å². The first-order chi connectivity index (χ1) is 10.4. The summed E-state index contributed by atoms with van der Waals surface area (Å²) in [4.78, 5) is 2.49. The third-order valence-corrected chi connectivity index (χ3v) is 4.33. The van der Waals surface area contributed by atoms with Crippen molar-refractivity contribution in [2.45, 2.75) is 31.7 Å². The highest BCUT2D eigenvalue weighted by Crippen LogP contribution is 2.37. The standard InChI is InChI=1S/C16H21NO4/c1-2-6-17(7-3-1)9-13-10-18-16(21-13)12-4-5-14-15(8-12)20-11-19-14/h4-5,8,13,16H,1-3,6-7,9-11H2. The van der Waals surface area contributed by atoms with E-state index in [1.54, 1.807) is 0 Å². The van der Waals surface area contributed by atoms with Gasteiger partial charge < -0.3 is 23.8 Å². The highest BCUT2D eigenvalue weighted by Gasteiger charge is 2.30. The van der Waals surface area contributed by atoms with Crippen LogP contribution in [0.5, 0.6) is 11.5 Å². The van der Waals surface area contributed by atoms with Gasteiger partial charge in [0, 0.05) is 12.1 Å². The maximum Gasteiger partial charge on any atom is 0.231 e. The minimum Gasteiger partial charge on any atom is -0.454 e. The maximum atomic E-state index is 6.05. The normalized spacial score (nSPS) is 29.0. The lowest BCUT2D eigenvalue weighted by atomic mass is 10.1. The predicted molar refractivity (Wildman–Crippen MR) is 76.4 cm³/mol. The van der Waals surface area contributed by atoms with Crippen molar-refractivity contribution in [2.75, 3.05) is 33.0 Å². The number of benzene rings is 1. The Morgan fingerprint density at radius 2 is 1.90 bits per heavy atom. The number of fused-ring (bicyclic) bond motifs is 1. The fraction of sp³-hybridized carbons (Fsp3) is 0.625. The van der Waals surface area contributed by atoms with Gasteiger partial charge in [-0.1, -0.05) is 6.42 Å². The molecule has 4 rings (SSSR count). The number of likely N-dealkylation sites (tertiary alicyclic amines) is 1. The monoisotopic (exact) mass is 291 g/mol. The van der Waals surface area contributed by atoms with Crippen LogP contribution in [0.2, 0.25) is 0 Å². The largest absolute Gasteiger partial charge is 0.454 e. The number of ether oxygens (including phenoxy) is 4. The van der Waals surface area contributed by atoms with E-state index in [9.17, 15) is 0 Å². The van der Waals surface area contributed by atoms with Gasteiger partial charge in [0.15, 0.2) is 17.8 Å². The second-order valence-electron chi connectivity index (χ2n) is 5.90. The molecule has 0 radical (unpaired) electrons. The summed E-state index contributed by atoms with van der Waals surface area (Å²) in [7, 11) is 0. The second kappa shape index (κ2) is 5.83. The Labute approximate surface area is 124 Å². The van der Waals surface area contributed by atoms with E-state index in [-0.39, 0.29) is 12.4 Å². The molecule has 2 atom stereocenters. The Morgan fingerprint density at radius 1 is 1.05 bits per heavy atom. The van der Waals surface area contributed by atoms with Crippen LogP contribution >= 0.6 is 0 Å². The molecule has 0 spiro atoms. The Morgan fingerprint density at radius 3 is 2.81 bits per heavy atom. The molecule has 2 unspecified atom stereocenters. The van der Waals surface area contributed by atoms with E-state index in [2.05, 4.69) is 4.90 Å². The van der Waals surface area contributed by atoms with Crippen LogP contribution in [0.1, 0.15) is 31.1 Å². The highest BCUT2D eigenvalue weighted by atomic mass is 16.7. The van der Waals surface area contributed by atoms with Gasteiger partial charge in [0.1, 0.15) is 0 Å². The van der Waals surface area contributed by atoms with E-state index >= 15 is 0 Å². The molecule has 1 aromatic rings. The SMILES string of the molecule is c1cc2c(cc1C1OCC(CN3CCCCC3)O1)OCO2. The lowest BCUT2D eigenvalue weighted by Gasteiger charge is -2.28. The molecule has 5 nitrogen and oxygen atoms in total. The zero-order valence-electron chi connectivity index (χ0n) is 12.1. The summed E-state index contributed by atoms with van der Waals surface area (Å²) in [5, 5.41) is 0. The summed E-state index contributed by atoms with van der Waals surface area (Å²) >= 11 is 0. The fourth-order valence-corrected chi connectivity index (χ4v) is 3.21. The summed E-state index contributed by atoms with van der Waals surface area (Å²) in [6.07, 6.45) is 3.85. The summed E-state index contributed by atoms with van der Waals surface area (Å²) in [5.41, 5.74) is 1.00. The van der Waals surface area contributed by atoms with Crippen LogP contribution in [-0.2, 0) is 9.47 Å². The van der Waals surface area contributed by atoms with Crippen LogP contribution in [0.3, 0.4) is 0 Å². The van der Waals surface area contributed by atoms with Gasteiger partial charge in [-0.25, -0.2) is 0 Å². The van der Waals surface area contributed by atoms with Crippen LogP contribution < -0.4 is 9.47 Å². The van der Waals surface area contributed by atoms with Crippen LogP contribution in [0, 0.1) is 0 Å². The van der Waals surface area contributed by atoms with Crippen molar-refractivity contribution in [3.8, 4) is 11.5 Å². The van der Waals surface area contributed by atoms with Gasteiger partial charge in [-0.3, -0.25) is 0 Å². The first kappa shape index (κ1) is 13.4. The summed E-state index contributed by atoms with van der Waals surface area (Å²) < 4.78 is 22.6. The molecule has 3 aliphatic heterocycles. The van der Waals surface area contributed by atoms with Crippen molar-refractivity contribution in [3.05, 3.63) is 23.8 Å². The van der Waals surface area contributed by atoms with E-state index < -0.39 is 0 Å². The number of hydrogen-bond acceptors (Lipinski definition) is 5. The topological polar surface area (TPSA) is 40.2 Å². The molecule has 0 saturated carbocycles. The van der Waals surface area contributed by atoms with Gasteiger partial charge in [-0.2, -0.15) is 0 Å². The molecule has 0 bridgehead atoms. The van der Waals surface area contributed by atoms with Crippen molar-refractivity contribution >= 4 is 0 Å². The molecule has 3 aliphatic rings. The van der Waals surface area contributed by atoms with Crippen LogP contribution in [0.15, 0.2) is 18.2 Å². The quantitative estimate of drug-likeness (QED) is 0.854. The van der Waals surface area contributed by atoms with Gasteiger partial charge >= 0.3 is 0 Å². The molecule has 114 valence electrons. The molecule has 5 heteroatoms. The molecule has 2 fully saturated rings. The lowest BCUT2D eigenvalue weighted by molar-refractivity contribution is -0.0649. The number of piperidine rings is 1. The lowest BCUT2D eigenvalue weighted by Crippen LogP contribution is -2.37. The Kier molecular flexibility index (Phi) is 3.71. The van der Waals surface area contributed by atoms with Gasteiger partial charge in [0.05, 0.1) is 12.7 Å². The molecule has 3 heterocycles. The van der Waals surface area contributed by atoms with Crippen LogP contribution in [-0.4, -0.2) is 44.0 Å². The Hall–Kier alpha value is -1.30. The minimum atomic E-state index is -0.283. The summed E-state index contributed by atoms with van der Waals surface area (Å²) in [6, 6.07) is 5.86. The molecule has 0 amide bonds. The summed E-state index contributed by atoms with van der Waals surface area (Å²) in [5.74, 6) is 1.57. The van der Waals surface area contributed by atoms with Crippen molar-refractivity contribution in [1.82, 2.24) is 4.90 Å². The highest BCUT2D eigenvalue weighted by molar-refractivity contribution is 5.44. The van der Waals surface area contributed by atoms with Crippen molar-refractivity contribution in [2.24, 2.45) is 0 Å². The second-order valence-corrected chi connectivity index (χ2v) is 5.90. The molecule has 0 N–H and O–H groups in total. The number of hydrogen-bond donors (Lipinski definition) is 0. The zero-order chi connectivity index (χ0) is 14.1. The van der Waals surface area contributed by atoms with Crippen molar-refractivity contribution in [3.63, 3.8) is 0 Å². The van der Waals surface area contributed by atoms with E-state index in [4.69, 9.17) is 18.9 Å². The molecule has 21 heavy (non-hydrogen) atoms. The first-order valence-electron chi connectivity index (χ1n) is 7.77. The van der Waals surface area contributed by atoms with Crippen molar-refractivity contribution < 1.29 is 18.9 Å². The third kappa shape index (κ3) is 2.86. The smallest absolute Gasteiger partial charge is 0.231 e. The maximum absolute atomic E-state index is 6.05. The zero-order valence-corrected chi connectivity index (χ0v) is 12.1. The average Bonchev–Trinajstić information content (AvgIpc) is 3.16. The molecule has 1 aromatic carbocycles. The molecule has 0 aliphatic carbocycles. The first-order valence-corrected chi connectivity index (χ1v) is 7.77. The predicted octanol–water partition coefficient (Wildman–Crippen LogP) is 2.32. The minimum absolute atomic E-state index is 0.165. The van der Waals surface area contributed by atoms with Gasteiger partial charge in [0.25, 0.3) is 0 Å². The Balaban J connectivity index is 1.37. The fourth-order valence-electron chi connectivity index (χ4n) is 3.21. The number of nitrogens with zero attached hydrogens (tertiary/aromatic N) is 1. The van der Waals surface area contributed by atoms with E-state index in [1.807, 2.05) is 18.2 Å². The van der Waals surface area contributed by atoms with Gasteiger partial charge in [-0.05, 0) is 44.1 Å². The van der Waals surface area contributed by atoms with Gasteiger partial charge in [0.2, 0.25) is 6.79 Å². The van der Waals surface area contributed by atoms with Crippen LogP contribution in [0.4, 0.5) is 0 Å². The summed E-state index contributed by atoms with van der Waals surface area (Å²) in [6.45, 7) is 4.31. The third-order valence-electron chi connectivity index (χ3n) is 4.33. The molecular weight excluding hydrogens is 270 g/mol.